The molecule has 0 saturated carbocycles. The van der Waals surface area contributed by atoms with E-state index in [9.17, 15) is 4.79 Å². The van der Waals surface area contributed by atoms with Gasteiger partial charge in [-0.05, 0) is 57.4 Å². The molecule has 8 nitrogen and oxygen atoms in total. The molecular formula is C29H33N3O5. The van der Waals surface area contributed by atoms with Gasteiger partial charge < -0.3 is 18.6 Å². The van der Waals surface area contributed by atoms with Crippen molar-refractivity contribution in [2.75, 3.05) is 13.2 Å². The van der Waals surface area contributed by atoms with E-state index in [2.05, 4.69) is 46.1 Å². The van der Waals surface area contributed by atoms with E-state index in [-0.39, 0.29) is 31.7 Å². The Labute approximate surface area is 217 Å². The van der Waals surface area contributed by atoms with E-state index in [4.69, 9.17) is 18.6 Å². The second-order valence-electron chi connectivity index (χ2n) is 9.76. The largest absolute Gasteiger partial charge is 0.474 e. The Morgan fingerprint density at radius 1 is 1.05 bits per heavy atom. The summed E-state index contributed by atoms with van der Waals surface area (Å²) < 4.78 is 23.4. The number of carbonyl (C=O) groups excluding carboxylic acids is 1. The van der Waals surface area contributed by atoms with E-state index in [1.54, 1.807) is 6.20 Å². The van der Waals surface area contributed by atoms with E-state index < -0.39 is 5.60 Å². The third-order valence-electron chi connectivity index (χ3n) is 5.59. The number of pyridine rings is 1. The van der Waals surface area contributed by atoms with Gasteiger partial charge in [0, 0.05) is 11.8 Å². The first-order valence-electron chi connectivity index (χ1n) is 12.5. The molecule has 0 unspecified atom stereocenters. The van der Waals surface area contributed by atoms with Crippen LogP contribution in [0.3, 0.4) is 0 Å². The number of aromatic nitrogens is 3. The Morgan fingerprint density at radius 2 is 1.84 bits per heavy atom. The van der Waals surface area contributed by atoms with Crippen molar-refractivity contribution in [1.29, 1.82) is 0 Å². The van der Waals surface area contributed by atoms with Gasteiger partial charge in [-0.15, -0.1) is 0 Å². The summed E-state index contributed by atoms with van der Waals surface area (Å²) in [6, 6.07) is 14.0. The zero-order valence-electron chi connectivity index (χ0n) is 22.0. The Bertz CT molecular complexity index is 1330. The fourth-order valence-corrected chi connectivity index (χ4v) is 3.86. The monoisotopic (exact) mass is 503 g/mol. The van der Waals surface area contributed by atoms with Gasteiger partial charge in [0.15, 0.2) is 5.76 Å². The average molecular weight is 504 g/mol. The number of hydrogen-bond acceptors (Lipinski definition) is 8. The zero-order valence-corrected chi connectivity index (χ0v) is 22.0. The molecule has 0 radical (unpaired) electrons. The minimum absolute atomic E-state index is 0.173. The lowest BCUT2D eigenvalue weighted by atomic mass is 9.99. The molecule has 194 valence electrons. The molecular weight excluding hydrogens is 470 g/mol. The van der Waals surface area contributed by atoms with E-state index in [1.807, 2.05) is 45.9 Å². The van der Waals surface area contributed by atoms with Crippen molar-refractivity contribution in [2.24, 2.45) is 0 Å². The van der Waals surface area contributed by atoms with E-state index >= 15 is 0 Å². The summed E-state index contributed by atoms with van der Waals surface area (Å²) in [5.41, 5.74) is 3.61. The van der Waals surface area contributed by atoms with Gasteiger partial charge >= 0.3 is 5.97 Å². The lowest BCUT2D eigenvalue weighted by Gasteiger charge is -2.20. The highest BCUT2D eigenvalue weighted by molar-refractivity contribution is 6.02. The van der Waals surface area contributed by atoms with Crippen LogP contribution in [0.1, 0.15) is 46.6 Å². The predicted molar refractivity (Wildman–Crippen MR) is 141 cm³/mol. The highest BCUT2D eigenvalue weighted by Crippen LogP contribution is 2.42. The number of carbonyl (C=O) groups is 1. The molecule has 1 aromatic carbocycles. The van der Waals surface area contributed by atoms with Gasteiger partial charge in [0.2, 0.25) is 11.6 Å². The van der Waals surface area contributed by atoms with Crippen LogP contribution in [0.15, 0.2) is 59.4 Å². The number of furan rings is 1. The van der Waals surface area contributed by atoms with Crippen LogP contribution < -0.4 is 4.74 Å². The van der Waals surface area contributed by atoms with Crippen LogP contribution in [0.5, 0.6) is 5.88 Å². The lowest BCUT2D eigenvalue weighted by molar-refractivity contribution is -0.156. The van der Waals surface area contributed by atoms with E-state index in [0.29, 0.717) is 28.4 Å². The smallest absolute Gasteiger partial charge is 0.308 e. The topological polar surface area (TPSA) is 96.6 Å². The van der Waals surface area contributed by atoms with Crippen molar-refractivity contribution in [1.82, 2.24) is 15.0 Å². The molecule has 0 saturated heterocycles. The molecule has 4 aromatic rings. The molecule has 0 spiro atoms. The van der Waals surface area contributed by atoms with E-state index in [0.717, 1.165) is 17.5 Å². The molecule has 3 heterocycles. The summed E-state index contributed by atoms with van der Waals surface area (Å²) >= 11 is 0. The number of rotatable bonds is 10. The Morgan fingerprint density at radius 3 is 2.51 bits per heavy atom. The predicted octanol–water partition coefficient (Wildman–Crippen LogP) is 6.03. The minimum Gasteiger partial charge on any atom is -0.474 e. The molecule has 37 heavy (non-hydrogen) atoms. The number of aryl methyl sites for hydroxylation is 1. The van der Waals surface area contributed by atoms with Gasteiger partial charge in [-0.1, -0.05) is 37.3 Å². The maximum absolute atomic E-state index is 11.9. The molecule has 0 aliphatic carbocycles. The number of esters is 1. The molecule has 3 aromatic heterocycles. The molecule has 0 amide bonds. The van der Waals surface area contributed by atoms with Crippen molar-refractivity contribution in [3.8, 4) is 28.5 Å². The summed E-state index contributed by atoms with van der Waals surface area (Å²) in [6.07, 6.45) is 3.99. The number of nitrogens with zero attached hydrogens (tertiary/aromatic N) is 3. The fraction of sp³-hybridized carbons (Fsp3) is 0.379. The van der Waals surface area contributed by atoms with Crippen LogP contribution in [0.4, 0.5) is 0 Å². The molecule has 0 bridgehead atoms. The second kappa shape index (κ2) is 11.5. The Hall–Kier alpha value is -3.78. The van der Waals surface area contributed by atoms with Crippen LogP contribution in [-0.2, 0) is 20.7 Å². The molecule has 0 N–H and O–H groups in total. The molecule has 1 atom stereocenters. The number of ether oxygens (including phenoxy) is 3. The summed E-state index contributed by atoms with van der Waals surface area (Å²) in [6.45, 7) is 10.00. The molecule has 4 rings (SSSR count). The maximum Gasteiger partial charge on any atom is 0.308 e. The first-order chi connectivity index (χ1) is 17.7. The number of fused-ring (bicyclic) bond motifs is 1. The Balaban J connectivity index is 1.57. The highest BCUT2D eigenvalue weighted by Gasteiger charge is 2.24. The van der Waals surface area contributed by atoms with E-state index in [1.165, 1.54) is 11.9 Å². The summed E-state index contributed by atoms with van der Waals surface area (Å²) in [5, 5.41) is 0.674. The van der Waals surface area contributed by atoms with Gasteiger partial charge in [0.25, 0.3) is 0 Å². The van der Waals surface area contributed by atoms with Crippen molar-refractivity contribution in [3.63, 3.8) is 0 Å². The summed E-state index contributed by atoms with van der Waals surface area (Å²) in [7, 11) is 0. The van der Waals surface area contributed by atoms with Crippen LogP contribution >= 0.6 is 0 Å². The first kappa shape index (κ1) is 26.3. The third kappa shape index (κ3) is 6.71. The van der Waals surface area contributed by atoms with Crippen LogP contribution in [0.2, 0.25) is 0 Å². The van der Waals surface area contributed by atoms with Gasteiger partial charge in [-0.2, -0.15) is 0 Å². The third-order valence-corrected chi connectivity index (χ3v) is 5.59. The SMILES string of the molecule is CCc1ccc(-c2c(-c3ccccn3)oc3ncnc(OC[C@H](C)OCCC(=O)OC(C)(C)C)c23)cc1. The van der Waals surface area contributed by atoms with Crippen molar-refractivity contribution >= 4 is 17.1 Å². The van der Waals surface area contributed by atoms with Gasteiger partial charge in [0.1, 0.15) is 29.6 Å². The van der Waals surface area contributed by atoms with Crippen molar-refractivity contribution < 1.29 is 23.4 Å². The minimum atomic E-state index is -0.516. The maximum atomic E-state index is 11.9. The van der Waals surface area contributed by atoms with Gasteiger partial charge in [-0.3, -0.25) is 9.78 Å². The van der Waals surface area contributed by atoms with Crippen molar-refractivity contribution in [2.45, 2.75) is 59.2 Å². The fourth-order valence-electron chi connectivity index (χ4n) is 3.86. The highest BCUT2D eigenvalue weighted by atomic mass is 16.6. The number of hydrogen-bond donors (Lipinski definition) is 0. The molecule has 8 heteroatoms. The van der Waals surface area contributed by atoms with Gasteiger partial charge in [0.05, 0.1) is 19.1 Å². The van der Waals surface area contributed by atoms with Gasteiger partial charge in [-0.25, -0.2) is 9.97 Å². The number of benzene rings is 1. The quantitative estimate of drug-likeness (QED) is 0.242. The average Bonchev–Trinajstić information content (AvgIpc) is 3.27. The molecule has 0 fully saturated rings. The molecule has 0 aliphatic rings. The normalized spacial score (nSPS) is 12.5. The second-order valence-corrected chi connectivity index (χ2v) is 9.76. The molecule has 0 aliphatic heterocycles. The van der Waals surface area contributed by atoms with Crippen molar-refractivity contribution in [3.05, 3.63) is 60.6 Å². The summed E-state index contributed by atoms with van der Waals surface area (Å²) in [5.74, 6) is 0.706. The Kier molecular flexibility index (Phi) is 8.18. The zero-order chi connectivity index (χ0) is 26.4. The van der Waals surface area contributed by atoms with Crippen LogP contribution in [0, 0.1) is 0 Å². The standard InChI is InChI=1S/C29H33N3O5/c1-6-20-10-12-21(13-11-20)24-25-27(35-17-19(2)34-16-14-23(33)37-29(3,4)5)31-18-32-28(25)36-26(24)22-9-7-8-15-30-22/h7-13,15,18-19H,6,14,16-17H2,1-5H3/t19-/m0/s1. The lowest BCUT2D eigenvalue weighted by Crippen LogP contribution is -2.25. The first-order valence-corrected chi connectivity index (χ1v) is 12.5. The summed E-state index contributed by atoms with van der Waals surface area (Å²) in [4.78, 5) is 25.2. The van der Waals surface area contributed by atoms with Crippen LogP contribution in [-0.4, -0.2) is 45.8 Å². The van der Waals surface area contributed by atoms with Crippen LogP contribution in [0.25, 0.3) is 33.7 Å².